The van der Waals surface area contributed by atoms with Crippen molar-refractivity contribution in [1.82, 2.24) is 21.0 Å². The maximum Gasteiger partial charge on any atom is 0.273 e. The van der Waals surface area contributed by atoms with Gasteiger partial charge < -0.3 is 5.32 Å². The number of carbonyl (C=O) groups is 1. The molecule has 0 aliphatic carbocycles. The molecule has 3 heterocycles. The molecule has 6 nitrogen and oxygen atoms in total. The first-order chi connectivity index (χ1) is 11.7. The average Bonchev–Trinajstić information content (AvgIpc) is 2.87. The van der Waals surface area contributed by atoms with E-state index in [0.29, 0.717) is 5.57 Å². The quantitative estimate of drug-likeness (QED) is 0.747. The molecule has 2 unspecified atom stereocenters. The van der Waals surface area contributed by atoms with E-state index in [0.717, 1.165) is 16.8 Å². The fraction of sp³-hybridized carbons (Fsp3) is 0.471. The number of carbonyl (C=O) groups excluding carboxylic acids is 1. The van der Waals surface area contributed by atoms with Crippen molar-refractivity contribution < 1.29 is 13.6 Å². The van der Waals surface area contributed by atoms with E-state index in [-0.39, 0.29) is 19.0 Å². The minimum atomic E-state index is -2.67. The zero-order valence-corrected chi connectivity index (χ0v) is 14.4. The molecule has 3 aliphatic rings. The minimum absolute atomic E-state index is 0.249. The second-order valence-electron chi connectivity index (χ2n) is 7.07. The molecule has 134 valence electrons. The lowest BCUT2D eigenvalue weighted by molar-refractivity contribution is -0.162. The second kappa shape index (κ2) is 5.48. The van der Waals surface area contributed by atoms with Gasteiger partial charge in [0.25, 0.3) is 11.8 Å². The summed E-state index contributed by atoms with van der Waals surface area (Å²) in [6, 6.07) is 4.17. The van der Waals surface area contributed by atoms with Crippen LogP contribution in [0.1, 0.15) is 16.7 Å². The molecule has 8 heteroatoms. The monoisotopic (exact) mass is 349 g/mol. The first kappa shape index (κ1) is 16.4. The number of aryl methyl sites for hydroxylation is 3. The maximum atomic E-state index is 13.1. The molecule has 0 saturated carbocycles. The number of nitrogens with one attached hydrogen (secondary N) is 3. The first-order valence-electron chi connectivity index (χ1n) is 8.27. The lowest BCUT2D eigenvalue weighted by atomic mass is 10.0. The smallest absolute Gasteiger partial charge is 0.273 e. The van der Waals surface area contributed by atoms with Crippen LogP contribution in [0.15, 0.2) is 23.9 Å². The zero-order chi connectivity index (χ0) is 17.9. The number of fused-ring (bicyclic) bond motifs is 1. The third kappa shape index (κ3) is 2.80. The third-order valence-corrected chi connectivity index (χ3v) is 4.81. The Kier molecular flexibility index (Phi) is 3.61. The van der Waals surface area contributed by atoms with Gasteiger partial charge in [-0.1, -0.05) is 17.7 Å². The summed E-state index contributed by atoms with van der Waals surface area (Å²) in [5.41, 5.74) is 8.16. The Morgan fingerprint density at radius 3 is 2.40 bits per heavy atom. The van der Waals surface area contributed by atoms with E-state index in [1.807, 2.05) is 25.8 Å². The summed E-state index contributed by atoms with van der Waals surface area (Å²) in [5.74, 6) is -2.92. The summed E-state index contributed by atoms with van der Waals surface area (Å²) >= 11 is 0. The van der Waals surface area contributed by atoms with Gasteiger partial charge in [-0.3, -0.25) is 20.0 Å². The summed E-state index contributed by atoms with van der Waals surface area (Å²) < 4.78 is 26.2. The van der Waals surface area contributed by atoms with Crippen molar-refractivity contribution in [3.8, 4) is 0 Å². The van der Waals surface area contributed by atoms with E-state index in [9.17, 15) is 13.6 Å². The summed E-state index contributed by atoms with van der Waals surface area (Å²) in [6.07, 6.45) is 0.758. The number of anilines is 1. The van der Waals surface area contributed by atoms with Gasteiger partial charge >= 0.3 is 0 Å². The van der Waals surface area contributed by atoms with Gasteiger partial charge in [0.05, 0.1) is 24.4 Å². The van der Waals surface area contributed by atoms with Gasteiger partial charge in [0.1, 0.15) is 12.5 Å². The molecule has 4 rings (SSSR count). The molecule has 0 aromatic heterocycles. The molecule has 1 aromatic carbocycles. The number of amides is 1. The average molecular weight is 349 g/mol. The Morgan fingerprint density at radius 2 is 1.80 bits per heavy atom. The molecule has 0 bridgehead atoms. The maximum absolute atomic E-state index is 13.1. The Bertz CT molecular complexity index is 747. The van der Waals surface area contributed by atoms with Crippen LogP contribution in [-0.4, -0.2) is 42.3 Å². The summed E-state index contributed by atoms with van der Waals surface area (Å²) in [5, 5.41) is 7.76. The fourth-order valence-corrected chi connectivity index (χ4v) is 3.79. The molecule has 2 saturated heterocycles. The van der Waals surface area contributed by atoms with Crippen LogP contribution in [0.2, 0.25) is 0 Å². The van der Waals surface area contributed by atoms with E-state index in [1.165, 1.54) is 10.5 Å². The number of halogens is 2. The molecule has 2 atom stereocenters. The number of hydrazine groups is 1. The number of nitrogens with zero attached hydrogens (tertiary/aromatic N) is 2. The lowest BCUT2D eigenvalue weighted by Gasteiger charge is -2.46. The number of hydrogen-bond acceptors (Lipinski definition) is 5. The van der Waals surface area contributed by atoms with Crippen LogP contribution in [0, 0.1) is 20.8 Å². The normalized spacial score (nSPS) is 28.3. The van der Waals surface area contributed by atoms with E-state index in [1.54, 1.807) is 6.20 Å². The third-order valence-electron chi connectivity index (χ3n) is 4.81. The standard InChI is InChI=1S/C17H21F2N5O/c1-9-4-10(2)13(11(3)5-9)24-6-12-14(22-24)20-16(21-15(12)25)23-7-17(18,19)8-23/h4-6,14,16,20,22H,7-8H2,1-3H3,(H,21,25). The van der Waals surface area contributed by atoms with Crippen molar-refractivity contribution in [2.24, 2.45) is 0 Å². The van der Waals surface area contributed by atoms with Gasteiger partial charge in [-0.2, -0.15) is 0 Å². The summed E-state index contributed by atoms with van der Waals surface area (Å²) in [6.45, 7) is 5.39. The number of benzene rings is 1. The van der Waals surface area contributed by atoms with Crippen LogP contribution >= 0.6 is 0 Å². The van der Waals surface area contributed by atoms with Crippen molar-refractivity contribution in [2.75, 3.05) is 18.1 Å². The van der Waals surface area contributed by atoms with Gasteiger partial charge in [-0.15, -0.1) is 0 Å². The van der Waals surface area contributed by atoms with Crippen LogP contribution in [0.25, 0.3) is 0 Å². The van der Waals surface area contributed by atoms with Crippen LogP contribution in [0.4, 0.5) is 14.5 Å². The van der Waals surface area contributed by atoms with Gasteiger partial charge in [0, 0.05) is 6.20 Å². The molecule has 2 fully saturated rings. The Hall–Kier alpha value is -2.03. The van der Waals surface area contributed by atoms with E-state index < -0.39 is 18.4 Å². The fourth-order valence-electron chi connectivity index (χ4n) is 3.79. The molecular formula is C17H21F2N5O. The van der Waals surface area contributed by atoms with Crippen LogP contribution < -0.4 is 21.1 Å². The van der Waals surface area contributed by atoms with Crippen LogP contribution in [0.5, 0.6) is 0 Å². The number of alkyl halides is 2. The topological polar surface area (TPSA) is 59.6 Å². The first-order valence-corrected chi connectivity index (χ1v) is 8.27. The number of likely N-dealkylation sites (tertiary alicyclic amines) is 1. The predicted molar refractivity (Wildman–Crippen MR) is 89.7 cm³/mol. The van der Waals surface area contributed by atoms with Gasteiger partial charge in [0.2, 0.25) is 0 Å². The molecule has 1 amide bonds. The number of rotatable bonds is 2. The highest BCUT2D eigenvalue weighted by Crippen LogP contribution is 2.31. The predicted octanol–water partition coefficient (Wildman–Crippen LogP) is 1.10. The Labute approximate surface area is 144 Å². The minimum Gasteiger partial charge on any atom is -0.324 e. The van der Waals surface area contributed by atoms with Crippen molar-refractivity contribution in [1.29, 1.82) is 0 Å². The molecule has 1 aromatic rings. The van der Waals surface area contributed by atoms with E-state index in [4.69, 9.17) is 0 Å². The molecule has 0 spiro atoms. The highest BCUT2D eigenvalue weighted by Gasteiger charge is 2.49. The van der Waals surface area contributed by atoms with Gasteiger partial charge in [-0.25, -0.2) is 14.2 Å². The van der Waals surface area contributed by atoms with Gasteiger partial charge in [-0.05, 0) is 31.9 Å². The SMILES string of the molecule is Cc1cc(C)c(N2C=C3C(=O)NC(N4CC(F)(F)C4)NC3N2)c(C)c1. The molecule has 25 heavy (non-hydrogen) atoms. The van der Waals surface area contributed by atoms with Crippen molar-refractivity contribution >= 4 is 11.6 Å². The van der Waals surface area contributed by atoms with Crippen molar-refractivity contribution in [2.45, 2.75) is 39.1 Å². The highest BCUT2D eigenvalue weighted by atomic mass is 19.3. The van der Waals surface area contributed by atoms with Gasteiger partial charge in [0.15, 0.2) is 0 Å². The molecule has 3 aliphatic heterocycles. The van der Waals surface area contributed by atoms with Crippen LogP contribution in [-0.2, 0) is 4.79 Å². The Balaban J connectivity index is 1.54. The molecular weight excluding hydrogens is 328 g/mol. The van der Waals surface area contributed by atoms with E-state index in [2.05, 4.69) is 28.2 Å². The Morgan fingerprint density at radius 1 is 1.16 bits per heavy atom. The highest BCUT2D eigenvalue weighted by molar-refractivity contribution is 5.97. The van der Waals surface area contributed by atoms with Crippen molar-refractivity contribution in [3.05, 3.63) is 40.6 Å². The second-order valence-corrected chi connectivity index (χ2v) is 7.07. The zero-order valence-electron chi connectivity index (χ0n) is 14.4. The summed E-state index contributed by atoms with van der Waals surface area (Å²) in [7, 11) is 0. The summed E-state index contributed by atoms with van der Waals surface area (Å²) in [4.78, 5) is 13.9. The van der Waals surface area contributed by atoms with E-state index >= 15 is 0 Å². The van der Waals surface area contributed by atoms with Crippen LogP contribution in [0.3, 0.4) is 0 Å². The lowest BCUT2D eigenvalue weighted by Crippen LogP contribution is -2.73. The molecule has 0 radical (unpaired) electrons. The van der Waals surface area contributed by atoms with Crippen molar-refractivity contribution in [3.63, 3.8) is 0 Å². The number of hydrogen-bond donors (Lipinski definition) is 3. The molecule has 3 N–H and O–H groups in total. The largest absolute Gasteiger partial charge is 0.324 e.